The lowest BCUT2D eigenvalue weighted by atomic mass is 9.98. The number of hydrogen-bond donors (Lipinski definition) is 10. The molecule has 0 heterocycles. The molecule has 0 aromatic rings. The van der Waals surface area contributed by atoms with Gasteiger partial charge in [0.15, 0.2) is 6.10 Å². The number of nitrogens with one attached hydrogen (secondary N) is 5. The van der Waals surface area contributed by atoms with E-state index < -0.39 is 101 Å². The summed E-state index contributed by atoms with van der Waals surface area (Å²) >= 11 is 0. The van der Waals surface area contributed by atoms with Crippen molar-refractivity contribution in [2.45, 2.75) is 381 Å². The van der Waals surface area contributed by atoms with E-state index in [9.17, 15) is 58.8 Å². The Kier molecular flexibility index (Phi) is 53.0. The molecule has 0 spiro atoms. The Labute approximate surface area is 633 Å². The average Bonchev–Trinajstić information content (AvgIpc) is 0.870. The zero-order valence-electron chi connectivity index (χ0n) is 68.5. The van der Waals surface area contributed by atoms with E-state index in [1.54, 1.807) is 35.5 Å². The highest BCUT2D eigenvalue weighted by atomic mass is 16.6. The van der Waals surface area contributed by atoms with Gasteiger partial charge >= 0.3 is 30.5 Å². The van der Waals surface area contributed by atoms with Gasteiger partial charge in [0, 0.05) is 71.9 Å². The van der Waals surface area contributed by atoms with Crippen LogP contribution < -0.4 is 26.6 Å². The summed E-state index contributed by atoms with van der Waals surface area (Å²) in [6, 6.07) is -0.633. The quantitative estimate of drug-likeness (QED) is 0.0200. The van der Waals surface area contributed by atoms with Gasteiger partial charge in [0.1, 0.15) is 52.4 Å². The molecule has 0 saturated carbocycles. The van der Waals surface area contributed by atoms with Gasteiger partial charge in [-0.05, 0) is 174 Å². The molecule has 0 aromatic heterocycles. The van der Waals surface area contributed by atoms with Crippen LogP contribution >= 0.6 is 0 Å². The van der Waals surface area contributed by atoms with Gasteiger partial charge in [-0.3, -0.25) is 14.4 Å². The van der Waals surface area contributed by atoms with Gasteiger partial charge in [-0.2, -0.15) is 0 Å². The van der Waals surface area contributed by atoms with Crippen LogP contribution in [0.2, 0.25) is 0 Å². The Bertz CT molecular complexity index is 2350. The minimum Gasteiger partial charge on any atom is -0.444 e. The number of hydrogen-bond acceptors (Lipinski definition) is 18. The van der Waals surface area contributed by atoms with Crippen molar-refractivity contribution in [2.75, 3.05) is 72.1 Å². The second-order valence-electron chi connectivity index (χ2n) is 33.5. The highest BCUT2D eigenvalue weighted by molar-refractivity contribution is 5.87. The number of carbonyl (C=O) groups excluding carboxylic acids is 8. The lowest BCUT2D eigenvalue weighted by Gasteiger charge is -2.34. The number of alkyl carbamates (subject to hydrolysis) is 2. The molecule has 616 valence electrons. The van der Waals surface area contributed by atoms with E-state index in [2.05, 4.69) is 33.5 Å². The Morgan fingerprint density at radius 1 is 0.352 bits per heavy atom. The number of aliphatic hydroxyl groups excluding tert-OH is 5. The topological polar surface area (TPSA) is 354 Å². The third-order valence-electron chi connectivity index (χ3n) is 17.1. The largest absolute Gasteiger partial charge is 0.444 e. The number of carbonyl (C=O) groups is 8. The molecular formula is C79H152N8O18. The summed E-state index contributed by atoms with van der Waals surface area (Å²) in [4.78, 5) is 111. The van der Waals surface area contributed by atoms with Crippen molar-refractivity contribution in [1.29, 1.82) is 0 Å². The standard InChI is InChI=1S/C79H152N8O18/c1-17-18-19-20-21-25-30-38-48-62(84-64(90)49-39-31-26-23-22-24-27-33-40-51-81-69(95)67(93)66(92)65(91)63(89)60-88)68(94)80-50-41-35-32-37-47-61(58-86(73(99)104-78(11,12)13)55-43-36-29-28-34-42-52-82-70(96)101-75(2,3)4)59-87(74(100)105-79(14,15)16)56-45-44-54-85(72(98)103-77(8,9)10)57-46-53-83-71(97)102-76(5,6)7/h61-63,65-67,88-89,91-93H,17-60H2,1-16H3,(H,80,94)(H,81,95)(H,82,96)(H,83,97)(H,84,90)/t61?,62?,63-,65+,66-,67+/m1/s1. The first-order valence-electron chi connectivity index (χ1n) is 40.2. The molecule has 26 heteroatoms. The molecule has 0 aliphatic heterocycles. The van der Waals surface area contributed by atoms with Crippen molar-refractivity contribution in [3.63, 3.8) is 0 Å². The predicted molar refractivity (Wildman–Crippen MR) is 412 cm³/mol. The molecule has 0 saturated heterocycles. The van der Waals surface area contributed by atoms with Crippen molar-refractivity contribution in [2.24, 2.45) is 5.92 Å². The van der Waals surface area contributed by atoms with E-state index in [0.29, 0.717) is 104 Å². The number of amides is 8. The van der Waals surface area contributed by atoms with Gasteiger partial charge < -0.3 is 90.5 Å². The van der Waals surface area contributed by atoms with E-state index in [-0.39, 0.29) is 37.4 Å². The Morgan fingerprint density at radius 2 is 0.676 bits per heavy atom. The zero-order valence-corrected chi connectivity index (χ0v) is 68.5. The van der Waals surface area contributed by atoms with Gasteiger partial charge in [-0.1, -0.05) is 148 Å². The normalized spacial score (nSPS) is 13.8. The summed E-state index contributed by atoms with van der Waals surface area (Å²) in [5.41, 5.74) is -3.53. The van der Waals surface area contributed by atoms with Gasteiger partial charge in [-0.25, -0.2) is 24.0 Å². The van der Waals surface area contributed by atoms with Gasteiger partial charge in [-0.15, -0.1) is 0 Å². The number of unbranched alkanes of at least 4 members (excludes halogenated alkanes) is 24. The minimum atomic E-state index is -1.95. The van der Waals surface area contributed by atoms with E-state index in [4.69, 9.17) is 28.8 Å². The third-order valence-corrected chi connectivity index (χ3v) is 17.1. The summed E-state index contributed by atoms with van der Waals surface area (Å²) in [7, 11) is 0. The van der Waals surface area contributed by atoms with Gasteiger partial charge in [0.25, 0.3) is 5.91 Å². The number of ether oxygens (including phenoxy) is 5. The molecule has 0 aliphatic carbocycles. The van der Waals surface area contributed by atoms with E-state index in [0.717, 1.165) is 128 Å². The van der Waals surface area contributed by atoms with Crippen molar-refractivity contribution < 1.29 is 87.6 Å². The van der Waals surface area contributed by atoms with Crippen molar-refractivity contribution in [1.82, 2.24) is 41.3 Å². The van der Waals surface area contributed by atoms with E-state index >= 15 is 0 Å². The zero-order chi connectivity index (χ0) is 79.5. The van der Waals surface area contributed by atoms with Crippen molar-refractivity contribution in [3.05, 3.63) is 0 Å². The molecule has 0 aliphatic rings. The second-order valence-corrected chi connectivity index (χ2v) is 33.5. The number of nitrogens with zero attached hydrogens (tertiary/aromatic N) is 3. The maximum absolute atomic E-state index is 14.3. The third kappa shape index (κ3) is 57.4. The monoisotopic (exact) mass is 1500 g/mol. The SMILES string of the molecule is CCCCCCCCCCC(NC(=O)CCCCCCCCCCCNC(=O)[C@@H](O)[C@H](O)[C@@H](O)[C@H](O)CO)C(=O)NCCCCCCC(CN(CCCCCCCCNC(=O)OC(C)(C)C)C(=O)OC(C)(C)C)CN(CCCCN(CCCNC(=O)OC(C)(C)C)C(=O)OC(C)(C)C)C(=O)OC(C)(C)C. The molecule has 10 N–H and O–H groups in total. The summed E-state index contributed by atoms with van der Waals surface area (Å²) in [6.45, 7) is 32.2. The smallest absolute Gasteiger partial charge is 0.410 e. The summed E-state index contributed by atoms with van der Waals surface area (Å²) in [6.07, 6.45) is 18.6. The number of rotatable bonds is 57. The average molecular weight is 1500 g/mol. The molecule has 0 rings (SSSR count). The van der Waals surface area contributed by atoms with Crippen LogP contribution in [0.15, 0.2) is 0 Å². The summed E-state index contributed by atoms with van der Waals surface area (Å²) < 4.78 is 28.6. The molecule has 2 unspecified atom stereocenters. The van der Waals surface area contributed by atoms with Gasteiger partial charge in [0.05, 0.1) is 6.61 Å². The molecule has 6 atom stereocenters. The first-order chi connectivity index (χ1) is 49.2. The van der Waals surface area contributed by atoms with Gasteiger partial charge in [0.2, 0.25) is 11.8 Å². The van der Waals surface area contributed by atoms with Crippen LogP contribution in [0.3, 0.4) is 0 Å². The molecule has 26 nitrogen and oxygen atoms in total. The van der Waals surface area contributed by atoms with Crippen LogP contribution in [0.25, 0.3) is 0 Å². The fourth-order valence-electron chi connectivity index (χ4n) is 11.6. The number of aliphatic hydroxyl groups is 5. The fraction of sp³-hybridized carbons (Fsp3) is 0.899. The minimum absolute atomic E-state index is 0.131. The Morgan fingerprint density at radius 3 is 1.10 bits per heavy atom. The van der Waals surface area contributed by atoms with Crippen LogP contribution in [0.5, 0.6) is 0 Å². The van der Waals surface area contributed by atoms with Crippen LogP contribution in [-0.4, -0.2) is 219 Å². The van der Waals surface area contributed by atoms with Crippen LogP contribution in [0.1, 0.15) is 323 Å². The predicted octanol–water partition coefficient (Wildman–Crippen LogP) is 13.4. The van der Waals surface area contributed by atoms with Crippen molar-refractivity contribution >= 4 is 48.2 Å². The second kappa shape index (κ2) is 55.9. The molecule has 0 aromatic carbocycles. The molecule has 0 bridgehead atoms. The molecule has 0 radical (unpaired) electrons. The first kappa shape index (κ1) is 99.6. The molecule has 105 heavy (non-hydrogen) atoms. The maximum atomic E-state index is 14.3. The highest BCUT2D eigenvalue weighted by Crippen LogP contribution is 2.23. The molecule has 8 amide bonds. The van der Waals surface area contributed by atoms with Crippen LogP contribution in [-0.2, 0) is 38.1 Å². The Hall–Kier alpha value is -5.44. The first-order valence-corrected chi connectivity index (χ1v) is 40.2. The van der Waals surface area contributed by atoms with Crippen molar-refractivity contribution in [3.8, 4) is 0 Å². The Balaban J connectivity index is 6.21. The summed E-state index contributed by atoms with van der Waals surface area (Å²) in [5.74, 6) is -1.37. The molecule has 0 fully saturated rings. The van der Waals surface area contributed by atoms with E-state index in [1.807, 2.05) is 83.1 Å². The fourth-order valence-corrected chi connectivity index (χ4v) is 11.6. The van der Waals surface area contributed by atoms with E-state index in [1.165, 1.54) is 25.7 Å². The van der Waals surface area contributed by atoms with Crippen LogP contribution in [0, 0.1) is 5.92 Å². The highest BCUT2D eigenvalue weighted by Gasteiger charge is 2.35. The summed E-state index contributed by atoms with van der Waals surface area (Å²) in [5, 5.41) is 62.5. The lowest BCUT2D eigenvalue weighted by molar-refractivity contribution is -0.148. The lowest BCUT2D eigenvalue weighted by Crippen LogP contribution is -2.51. The van der Waals surface area contributed by atoms with Crippen LogP contribution in [0.4, 0.5) is 24.0 Å². The maximum Gasteiger partial charge on any atom is 0.410 e. The molecular weight excluding hydrogens is 1350 g/mol.